The Morgan fingerprint density at radius 1 is 1.09 bits per heavy atom. The zero-order chi connectivity index (χ0) is 25.3. The third kappa shape index (κ3) is 3.51. The Bertz CT molecular complexity index is 923. The van der Waals surface area contributed by atoms with E-state index in [0.717, 1.165) is 44.9 Å². The Hall–Kier alpha value is -1.35. The first-order valence-electron chi connectivity index (χ1n) is 13.7. The van der Waals surface area contributed by atoms with Gasteiger partial charge in [0.1, 0.15) is 0 Å². The average Bonchev–Trinajstić information content (AvgIpc) is 3.02. The molecule has 2 N–H and O–H groups in total. The third-order valence-corrected chi connectivity index (χ3v) is 11.7. The molecule has 1 unspecified atom stereocenters. The molecule has 2 saturated carbocycles. The van der Waals surface area contributed by atoms with Crippen molar-refractivity contribution in [1.82, 2.24) is 0 Å². The highest BCUT2D eigenvalue weighted by Gasteiger charge is 2.63. The van der Waals surface area contributed by atoms with Gasteiger partial charge in [0.25, 0.3) is 0 Å². The molecule has 7 atom stereocenters. The number of aliphatic hydroxyl groups is 1. The molecule has 34 heavy (non-hydrogen) atoms. The maximum atomic E-state index is 12.5. The lowest BCUT2D eigenvalue weighted by Gasteiger charge is -2.61. The van der Waals surface area contributed by atoms with Crippen LogP contribution in [0.5, 0.6) is 0 Å². The highest BCUT2D eigenvalue weighted by Crippen LogP contribution is 2.71. The summed E-state index contributed by atoms with van der Waals surface area (Å²) in [6.07, 6.45) is 12.2. The van der Waals surface area contributed by atoms with Gasteiger partial charge < -0.3 is 10.2 Å². The predicted octanol–water partition coefficient (Wildman–Crippen LogP) is 7.57. The fourth-order valence-electron chi connectivity index (χ4n) is 8.80. The number of carboxylic acid groups (broad SMARTS) is 1. The van der Waals surface area contributed by atoms with Gasteiger partial charge in [-0.15, -0.1) is 0 Å². The monoisotopic (exact) mass is 468 g/mol. The van der Waals surface area contributed by atoms with Gasteiger partial charge in [-0.1, -0.05) is 72.8 Å². The van der Waals surface area contributed by atoms with Crippen molar-refractivity contribution in [3.63, 3.8) is 0 Å². The fourth-order valence-corrected chi connectivity index (χ4v) is 8.80. The molecule has 0 radical (unpaired) electrons. The second-order valence-corrected chi connectivity index (χ2v) is 13.7. The van der Waals surface area contributed by atoms with Crippen LogP contribution in [0.15, 0.2) is 35.5 Å². The molecule has 4 rings (SSSR count). The highest BCUT2D eigenvalue weighted by molar-refractivity contribution is 5.71. The van der Waals surface area contributed by atoms with E-state index >= 15 is 0 Å². The normalized spacial score (nSPS) is 41.6. The molecule has 4 aliphatic rings. The van der Waals surface area contributed by atoms with Crippen molar-refractivity contribution in [3.8, 4) is 0 Å². The van der Waals surface area contributed by atoms with Gasteiger partial charge in [0, 0.05) is 0 Å². The smallest absolute Gasteiger partial charge is 0.306 e. The lowest BCUT2D eigenvalue weighted by atomic mass is 9.44. The molecule has 0 heterocycles. The molecule has 0 aromatic heterocycles. The lowest BCUT2D eigenvalue weighted by molar-refractivity contribution is -0.146. The second kappa shape index (κ2) is 8.36. The minimum atomic E-state index is -0.630. The quantitative estimate of drug-likeness (QED) is 0.395. The van der Waals surface area contributed by atoms with Crippen molar-refractivity contribution in [3.05, 3.63) is 35.5 Å². The number of aliphatic hydroxyl groups excluding tert-OH is 1. The first-order chi connectivity index (χ1) is 15.7. The number of rotatable bonds is 6. The summed E-state index contributed by atoms with van der Waals surface area (Å²) >= 11 is 0. The van der Waals surface area contributed by atoms with Gasteiger partial charge in [0.05, 0.1) is 12.0 Å². The topological polar surface area (TPSA) is 57.5 Å². The summed E-state index contributed by atoms with van der Waals surface area (Å²) in [5.41, 5.74) is 4.16. The summed E-state index contributed by atoms with van der Waals surface area (Å²) in [5, 5.41) is 21.1. The number of hydrogen-bond donors (Lipinski definition) is 2. The van der Waals surface area contributed by atoms with E-state index in [1.54, 1.807) is 0 Å². The van der Waals surface area contributed by atoms with Crippen LogP contribution in [0.1, 0.15) is 99.8 Å². The molecule has 3 heteroatoms. The Morgan fingerprint density at radius 3 is 2.38 bits per heavy atom. The first-order valence-corrected chi connectivity index (χ1v) is 13.7. The third-order valence-electron chi connectivity index (χ3n) is 11.7. The summed E-state index contributed by atoms with van der Waals surface area (Å²) in [5.74, 6) is 0.0861. The minimum Gasteiger partial charge on any atom is -0.481 e. The molecule has 0 spiro atoms. The van der Waals surface area contributed by atoms with Crippen LogP contribution in [0.4, 0.5) is 0 Å². The zero-order valence-corrected chi connectivity index (χ0v) is 22.7. The second-order valence-electron chi connectivity index (χ2n) is 13.7. The van der Waals surface area contributed by atoms with E-state index in [2.05, 4.69) is 67.2 Å². The van der Waals surface area contributed by atoms with E-state index in [9.17, 15) is 15.0 Å². The van der Waals surface area contributed by atoms with Crippen LogP contribution in [-0.2, 0) is 4.79 Å². The van der Waals surface area contributed by atoms with Crippen molar-refractivity contribution in [2.75, 3.05) is 0 Å². The van der Waals surface area contributed by atoms with Crippen molar-refractivity contribution in [2.24, 2.45) is 45.3 Å². The van der Waals surface area contributed by atoms with Crippen LogP contribution in [0.3, 0.4) is 0 Å². The van der Waals surface area contributed by atoms with Crippen molar-refractivity contribution < 1.29 is 15.0 Å². The van der Waals surface area contributed by atoms with Crippen molar-refractivity contribution >= 4 is 5.97 Å². The van der Waals surface area contributed by atoms with Crippen LogP contribution in [-0.4, -0.2) is 22.3 Å². The van der Waals surface area contributed by atoms with Gasteiger partial charge in [-0.25, -0.2) is 0 Å². The molecule has 0 bridgehead atoms. The molecule has 2 fully saturated rings. The van der Waals surface area contributed by atoms with Crippen LogP contribution in [0.25, 0.3) is 0 Å². The van der Waals surface area contributed by atoms with E-state index in [1.165, 1.54) is 16.7 Å². The number of hydrogen-bond acceptors (Lipinski definition) is 2. The molecule has 0 aromatic rings. The largest absolute Gasteiger partial charge is 0.481 e. The van der Waals surface area contributed by atoms with Crippen molar-refractivity contribution in [2.45, 2.75) is 106 Å². The first kappa shape index (κ1) is 25.7. The molecule has 0 amide bonds. The number of carbonyl (C=O) groups is 1. The molecule has 0 aliphatic heterocycles. The van der Waals surface area contributed by atoms with E-state index in [1.807, 2.05) is 0 Å². The number of carboxylic acids is 1. The van der Waals surface area contributed by atoms with E-state index < -0.39 is 5.97 Å². The van der Waals surface area contributed by atoms with Gasteiger partial charge in [-0.3, -0.25) is 4.79 Å². The molecule has 190 valence electrons. The zero-order valence-electron chi connectivity index (χ0n) is 22.7. The standard InChI is InChI=1S/C31H48O3/c1-19(2)20(3)9-10-21(27(33)34)22-13-17-31(8)24-11-12-25-28(4,5)26(32)15-16-29(25,6)23(24)14-18-30(22,31)7/h11,14,19,21-22,25-26,32H,3,9-10,12-13,15-18H2,1-2,4-8H3,(H,33,34)/t21-,22-,25?,26+,29-,30-,31+/m1/s1. The van der Waals surface area contributed by atoms with Crippen LogP contribution >= 0.6 is 0 Å². The summed E-state index contributed by atoms with van der Waals surface area (Å²) in [4.78, 5) is 12.5. The molecule has 3 nitrogen and oxygen atoms in total. The van der Waals surface area contributed by atoms with E-state index in [-0.39, 0.29) is 39.6 Å². The maximum absolute atomic E-state index is 12.5. The van der Waals surface area contributed by atoms with Gasteiger partial charge in [-0.2, -0.15) is 0 Å². The van der Waals surface area contributed by atoms with Gasteiger partial charge in [0.15, 0.2) is 0 Å². The lowest BCUT2D eigenvalue weighted by Crippen LogP contribution is -2.54. The molecular weight excluding hydrogens is 420 g/mol. The Labute approximate surface area is 207 Å². The average molecular weight is 469 g/mol. The molecular formula is C31H48O3. The van der Waals surface area contributed by atoms with Crippen LogP contribution in [0.2, 0.25) is 0 Å². The number of fused-ring (bicyclic) bond motifs is 5. The Balaban J connectivity index is 1.68. The number of allylic oxidation sites excluding steroid dienone is 5. The highest BCUT2D eigenvalue weighted by atomic mass is 16.4. The van der Waals surface area contributed by atoms with Gasteiger partial charge in [0.2, 0.25) is 0 Å². The summed E-state index contributed by atoms with van der Waals surface area (Å²) < 4.78 is 0. The van der Waals surface area contributed by atoms with Gasteiger partial charge >= 0.3 is 5.97 Å². The predicted molar refractivity (Wildman–Crippen MR) is 139 cm³/mol. The van der Waals surface area contributed by atoms with E-state index in [4.69, 9.17) is 0 Å². The summed E-state index contributed by atoms with van der Waals surface area (Å²) in [7, 11) is 0. The summed E-state index contributed by atoms with van der Waals surface area (Å²) in [6, 6.07) is 0. The Kier molecular flexibility index (Phi) is 6.32. The number of aliphatic carboxylic acids is 1. The molecule has 4 aliphatic carbocycles. The Morgan fingerprint density at radius 2 is 1.76 bits per heavy atom. The SMILES string of the molecule is C=C(CC[C@@H](C(=O)O)[C@H]1CC[C@@]2(C)C3=CCC4C(C)(C)[C@@H](O)CC[C@]4(C)C3=CC[C@]12C)C(C)C. The van der Waals surface area contributed by atoms with Crippen LogP contribution < -0.4 is 0 Å². The van der Waals surface area contributed by atoms with E-state index in [0.29, 0.717) is 18.3 Å². The van der Waals surface area contributed by atoms with Crippen molar-refractivity contribution in [1.29, 1.82) is 0 Å². The summed E-state index contributed by atoms with van der Waals surface area (Å²) in [6.45, 7) is 20.3. The van der Waals surface area contributed by atoms with Crippen LogP contribution in [0, 0.1) is 45.3 Å². The molecule has 0 saturated heterocycles. The fraction of sp³-hybridized carbons (Fsp3) is 0.774. The maximum Gasteiger partial charge on any atom is 0.306 e. The minimum absolute atomic E-state index is 0.0126. The van der Waals surface area contributed by atoms with Gasteiger partial charge in [-0.05, 0) is 102 Å². The molecule has 0 aromatic carbocycles.